The van der Waals surface area contributed by atoms with Crippen molar-refractivity contribution in [3.05, 3.63) is 11.1 Å². The van der Waals surface area contributed by atoms with Crippen molar-refractivity contribution >= 4 is 50.2 Å². The number of hydrogen-bond acceptors (Lipinski definition) is 6. The first kappa shape index (κ1) is 23.3. The van der Waals surface area contributed by atoms with Gasteiger partial charge < -0.3 is 21.7 Å². The molecule has 0 amide bonds. The average Bonchev–Trinajstić information content (AvgIpc) is 2.94. The van der Waals surface area contributed by atoms with Crippen LogP contribution in [0, 0.1) is 0 Å². The van der Waals surface area contributed by atoms with Crippen molar-refractivity contribution in [3.8, 4) is 0 Å². The van der Waals surface area contributed by atoms with Crippen molar-refractivity contribution in [3.63, 3.8) is 0 Å². The van der Waals surface area contributed by atoms with Gasteiger partial charge in [-0.3, -0.25) is 0 Å². The molecule has 0 aromatic carbocycles. The van der Waals surface area contributed by atoms with Crippen molar-refractivity contribution in [2.24, 2.45) is 20.9 Å². The SMILES string of the molecule is CN(CCSCc1csc(NC(N)=NCC(F)(F)F)n1)C(N)=NS(C)(=O)=O. The summed E-state index contributed by atoms with van der Waals surface area (Å²) in [6.07, 6.45) is -3.46. The van der Waals surface area contributed by atoms with Crippen molar-refractivity contribution < 1.29 is 21.6 Å². The minimum absolute atomic E-state index is 0.0909. The Morgan fingerprint density at radius 3 is 2.70 bits per heavy atom. The van der Waals surface area contributed by atoms with Gasteiger partial charge in [0.25, 0.3) is 10.0 Å². The molecular formula is C12H20F3N7O2S3. The highest BCUT2D eigenvalue weighted by atomic mass is 32.2. The molecule has 5 N–H and O–H groups in total. The molecule has 0 spiro atoms. The Bertz CT molecular complexity index is 777. The maximum Gasteiger partial charge on any atom is 0.408 e. The third kappa shape index (κ3) is 10.9. The molecular weight excluding hydrogens is 427 g/mol. The maximum atomic E-state index is 12.1. The third-order valence-electron chi connectivity index (χ3n) is 2.69. The second-order valence-corrected chi connectivity index (χ2v) is 8.85. The monoisotopic (exact) mass is 447 g/mol. The molecule has 0 radical (unpaired) electrons. The van der Waals surface area contributed by atoms with E-state index in [0.717, 1.165) is 11.9 Å². The van der Waals surface area contributed by atoms with Crippen LogP contribution in [-0.2, 0) is 15.8 Å². The Balaban J connectivity index is 2.40. The highest BCUT2D eigenvalue weighted by Crippen LogP contribution is 2.20. The first-order chi connectivity index (χ1) is 12.4. The van der Waals surface area contributed by atoms with Gasteiger partial charge in [-0.15, -0.1) is 15.7 Å². The van der Waals surface area contributed by atoms with Crippen LogP contribution in [0.15, 0.2) is 14.8 Å². The van der Waals surface area contributed by atoms with E-state index in [-0.39, 0.29) is 11.9 Å². The number of alkyl halides is 3. The maximum absolute atomic E-state index is 12.1. The minimum Gasteiger partial charge on any atom is -0.370 e. The van der Waals surface area contributed by atoms with Crippen LogP contribution in [0.4, 0.5) is 18.3 Å². The van der Waals surface area contributed by atoms with Gasteiger partial charge in [0.15, 0.2) is 11.1 Å². The van der Waals surface area contributed by atoms with E-state index in [9.17, 15) is 21.6 Å². The predicted molar refractivity (Wildman–Crippen MR) is 104 cm³/mol. The molecule has 1 heterocycles. The Morgan fingerprint density at radius 1 is 1.44 bits per heavy atom. The van der Waals surface area contributed by atoms with Crippen molar-refractivity contribution in [2.75, 3.05) is 37.5 Å². The summed E-state index contributed by atoms with van der Waals surface area (Å²) < 4.78 is 61.7. The number of sulfonamides is 1. The molecule has 0 saturated heterocycles. The molecule has 154 valence electrons. The number of nitrogens with zero attached hydrogens (tertiary/aromatic N) is 4. The number of guanidine groups is 2. The van der Waals surface area contributed by atoms with E-state index < -0.39 is 22.7 Å². The highest BCUT2D eigenvalue weighted by Gasteiger charge is 2.26. The molecule has 0 aliphatic carbocycles. The molecule has 0 unspecified atom stereocenters. The highest BCUT2D eigenvalue weighted by molar-refractivity contribution is 7.98. The number of anilines is 1. The van der Waals surface area contributed by atoms with E-state index in [2.05, 4.69) is 19.7 Å². The summed E-state index contributed by atoms with van der Waals surface area (Å²) in [4.78, 5) is 8.90. The number of aliphatic imine (C=N–C) groups is 1. The molecule has 0 atom stereocenters. The van der Waals surface area contributed by atoms with Gasteiger partial charge in [-0.1, -0.05) is 0 Å². The average molecular weight is 448 g/mol. The van der Waals surface area contributed by atoms with Gasteiger partial charge in [0.05, 0.1) is 11.9 Å². The number of thioether (sulfide) groups is 1. The van der Waals surface area contributed by atoms with Gasteiger partial charge in [-0.25, -0.2) is 18.4 Å². The lowest BCUT2D eigenvalue weighted by Crippen LogP contribution is -2.36. The molecule has 0 aliphatic rings. The third-order valence-corrected chi connectivity index (χ3v) is 4.98. The fourth-order valence-corrected chi connectivity index (χ4v) is 3.69. The number of halogens is 3. The van der Waals surface area contributed by atoms with E-state index in [1.54, 1.807) is 12.4 Å². The van der Waals surface area contributed by atoms with E-state index >= 15 is 0 Å². The van der Waals surface area contributed by atoms with Gasteiger partial charge >= 0.3 is 6.18 Å². The second-order valence-electron chi connectivity index (χ2n) is 5.24. The van der Waals surface area contributed by atoms with Gasteiger partial charge in [0.2, 0.25) is 5.96 Å². The lowest BCUT2D eigenvalue weighted by molar-refractivity contribution is -0.118. The Kier molecular flexibility index (Phi) is 8.61. The largest absolute Gasteiger partial charge is 0.408 e. The molecule has 0 saturated carbocycles. The number of thiazole rings is 1. The summed E-state index contributed by atoms with van der Waals surface area (Å²) in [5.74, 6) is 0.732. The summed E-state index contributed by atoms with van der Waals surface area (Å²) in [5, 5.41) is 4.60. The topological polar surface area (TPSA) is 139 Å². The standard InChI is InChI=1S/C12H20F3N7O2S3/c1-22(10(17)21-27(2,23)24)3-4-25-5-8-6-26-11(19-8)20-9(16)18-7-12(13,14)15/h6H,3-5,7H2,1-2H3,(H2,17,21)(H3,16,18,19,20). The van der Waals surface area contributed by atoms with Crippen LogP contribution in [0.25, 0.3) is 0 Å². The number of nitrogens with two attached hydrogens (primary N) is 2. The molecule has 9 nitrogen and oxygen atoms in total. The number of hydrogen-bond donors (Lipinski definition) is 3. The van der Waals surface area contributed by atoms with Crippen LogP contribution in [0.1, 0.15) is 5.69 Å². The van der Waals surface area contributed by atoms with Crippen molar-refractivity contribution in [1.29, 1.82) is 0 Å². The number of aromatic nitrogens is 1. The smallest absolute Gasteiger partial charge is 0.370 e. The summed E-state index contributed by atoms with van der Waals surface area (Å²) in [6, 6.07) is 0. The van der Waals surface area contributed by atoms with Crippen LogP contribution in [0.3, 0.4) is 0 Å². The van der Waals surface area contributed by atoms with Crippen LogP contribution < -0.4 is 16.8 Å². The van der Waals surface area contributed by atoms with Crippen molar-refractivity contribution in [2.45, 2.75) is 11.9 Å². The van der Waals surface area contributed by atoms with Gasteiger partial charge in [0, 0.05) is 30.5 Å². The summed E-state index contributed by atoms with van der Waals surface area (Å²) in [5.41, 5.74) is 11.7. The number of rotatable bonds is 8. The lowest BCUT2D eigenvalue weighted by Gasteiger charge is -2.16. The van der Waals surface area contributed by atoms with Crippen LogP contribution in [0.2, 0.25) is 0 Å². The first-order valence-corrected chi connectivity index (χ1v) is 11.2. The first-order valence-electron chi connectivity index (χ1n) is 7.28. The summed E-state index contributed by atoms with van der Waals surface area (Å²) in [7, 11) is -1.92. The second kappa shape index (κ2) is 9.98. The molecule has 0 bridgehead atoms. The Hall–Kier alpha value is -1.74. The lowest BCUT2D eigenvalue weighted by atomic mass is 10.6. The number of nitrogens with one attached hydrogen (secondary N) is 1. The summed E-state index contributed by atoms with van der Waals surface area (Å²) in [6.45, 7) is -0.888. The van der Waals surface area contributed by atoms with Crippen LogP contribution in [0.5, 0.6) is 0 Å². The Morgan fingerprint density at radius 2 is 2.11 bits per heavy atom. The molecule has 1 aromatic rings. The van der Waals surface area contributed by atoms with E-state index in [4.69, 9.17) is 11.5 Å². The molecule has 15 heteroatoms. The van der Waals surface area contributed by atoms with E-state index in [0.29, 0.717) is 23.2 Å². The van der Waals surface area contributed by atoms with Crippen LogP contribution in [-0.4, -0.2) is 68.5 Å². The zero-order valence-corrected chi connectivity index (χ0v) is 17.0. The molecule has 1 aromatic heterocycles. The fraction of sp³-hybridized carbons (Fsp3) is 0.583. The quantitative estimate of drug-likeness (QED) is 0.303. The normalized spacial score (nSPS) is 13.7. The zero-order valence-electron chi connectivity index (χ0n) is 14.5. The van der Waals surface area contributed by atoms with Gasteiger partial charge in [0.1, 0.15) is 6.54 Å². The van der Waals surface area contributed by atoms with E-state index in [1.165, 1.54) is 28.0 Å². The molecule has 0 aliphatic heterocycles. The van der Waals surface area contributed by atoms with Gasteiger partial charge in [-0.2, -0.15) is 24.9 Å². The Labute approximate surface area is 163 Å². The minimum atomic E-state index is -4.42. The fourth-order valence-electron chi connectivity index (χ4n) is 1.49. The van der Waals surface area contributed by atoms with Crippen molar-refractivity contribution in [1.82, 2.24) is 9.88 Å². The predicted octanol–water partition coefficient (Wildman–Crippen LogP) is 0.871. The van der Waals surface area contributed by atoms with Crippen LogP contribution >= 0.6 is 23.1 Å². The van der Waals surface area contributed by atoms with Gasteiger partial charge in [-0.05, 0) is 0 Å². The van der Waals surface area contributed by atoms with E-state index in [1.807, 2.05) is 0 Å². The molecule has 27 heavy (non-hydrogen) atoms. The zero-order chi connectivity index (χ0) is 20.7. The molecule has 1 rings (SSSR count). The summed E-state index contributed by atoms with van der Waals surface area (Å²) >= 11 is 2.71. The molecule has 0 fully saturated rings.